The lowest BCUT2D eigenvalue weighted by Crippen LogP contribution is -2.28. The highest BCUT2D eigenvalue weighted by Crippen LogP contribution is 2.60. The molecule has 0 fully saturated rings. The molecule has 1 aromatic heterocycles. The largest absolute Gasteiger partial charge is 0.310 e. The summed E-state index contributed by atoms with van der Waals surface area (Å²) in [4.78, 5) is 3.65. The smallest absolute Gasteiger partial charge is 0.0674 e. The van der Waals surface area contributed by atoms with E-state index in [1.165, 1.54) is 104 Å². The van der Waals surface area contributed by atoms with Crippen LogP contribution in [0.2, 0.25) is 0 Å². The lowest BCUT2D eigenvalue weighted by atomic mass is 9.67. The number of nitrogens with zero attached hydrogens (tertiary/aromatic N) is 1. The highest BCUT2D eigenvalue weighted by atomic mass is 32.1. The minimum absolute atomic E-state index is 0.0808. The first kappa shape index (κ1) is 47.2. The molecule has 0 saturated carbocycles. The second-order valence-corrected chi connectivity index (χ2v) is 20.6. The molecule has 1 atom stereocenters. The van der Waals surface area contributed by atoms with Gasteiger partial charge in [0.25, 0.3) is 0 Å². The Hall–Kier alpha value is -7.52. The monoisotopic (exact) mass is 937 g/mol. The molecule has 0 spiro atoms. The molecule has 0 saturated heterocycles. The Labute approximate surface area is 426 Å². The first-order valence-electron chi connectivity index (χ1n) is 25.1. The Morgan fingerprint density at radius 3 is 2.08 bits per heavy atom. The zero-order valence-corrected chi connectivity index (χ0v) is 43.3. The zero-order chi connectivity index (χ0) is 49.6. The van der Waals surface area contributed by atoms with E-state index in [2.05, 4.69) is 261 Å². The van der Waals surface area contributed by atoms with Crippen molar-refractivity contribution in [3.8, 4) is 33.4 Å². The van der Waals surface area contributed by atoms with E-state index in [0.717, 1.165) is 29.1 Å². The summed E-state index contributed by atoms with van der Waals surface area (Å²) in [5.41, 5.74) is 24.1. The fourth-order valence-corrected chi connectivity index (χ4v) is 13.1. The van der Waals surface area contributed by atoms with E-state index < -0.39 is 5.41 Å². The van der Waals surface area contributed by atoms with Crippen LogP contribution in [0.4, 0.5) is 11.4 Å². The van der Waals surface area contributed by atoms with Crippen LogP contribution < -0.4 is 4.90 Å². The van der Waals surface area contributed by atoms with Crippen molar-refractivity contribution in [1.82, 2.24) is 0 Å². The molecule has 1 heterocycles. The van der Waals surface area contributed by atoms with Gasteiger partial charge < -0.3 is 4.90 Å². The number of thiophene rings is 1. The van der Waals surface area contributed by atoms with Gasteiger partial charge in [0.05, 0.1) is 5.41 Å². The van der Waals surface area contributed by atoms with Crippen molar-refractivity contribution in [2.45, 2.75) is 72.6 Å². The molecule has 1 unspecified atom stereocenters. The van der Waals surface area contributed by atoms with E-state index in [1.54, 1.807) is 0 Å². The molecule has 10 rings (SSSR count). The summed E-state index contributed by atoms with van der Waals surface area (Å²) in [5.74, 6) is 0. The van der Waals surface area contributed by atoms with Gasteiger partial charge >= 0.3 is 0 Å². The molecule has 71 heavy (non-hydrogen) atoms. The van der Waals surface area contributed by atoms with Crippen LogP contribution in [-0.2, 0) is 10.8 Å². The van der Waals surface area contributed by atoms with Crippen molar-refractivity contribution in [3.05, 3.63) is 274 Å². The van der Waals surface area contributed by atoms with Crippen LogP contribution in [-0.4, -0.2) is 0 Å². The number of rotatable bonds is 13. The summed E-state index contributed by atoms with van der Waals surface area (Å²) in [6, 6.07) is 56.9. The average molecular weight is 938 g/mol. The Balaban J connectivity index is 1.22. The standard InChI is InChI=1S/C69H63NS/c1-11-15-26-46(6)69(51-27-18-17-19-28-51)62-41-38-53(44-60(62)66-63(69)42-40-56-47(7)65(32-16-12-2)71-67(56)66)70(48(8)57(24-13-3)54(14-4)55-29-21-20-25-45(55)5)52-36-33-49(34-37-52)50-35-39-59-58-30-22-23-31-61(58)68(9,10)64(59)43-50/h11-13,15-44H,2,8,14H2,1,3-7,9-10H3/b15-11-,24-13-,32-16-,46-26+,57-54-. The highest BCUT2D eigenvalue weighted by molar-refractivity contribution is 7.20. The number of fused-ring (bicyclic) bond motifs is 8. The average Bonchev–Trinajstić information content (AvgIpc) is 3.97. The van der Waals surface area contributed by atoms with Crippen LogP contribution in [0, 0.1) is 13.8 Å². The maximum atomic E-state index is 5.06. The first-order valence-corrected chi connectivity index (χ1v) is 25.9. The quantitative estimate of drug-likeness (QED) is 0.104. The van der Waals surface area contributed by atoms with E-state index in [-0.39, 0.29) is 5.41 Å². The molecule has 0 amide bonds. The van der Waals surface area contributed by atoms with Gasteiger partial charge in [0.1, 0.15) is 0 Å². The van der Waals surface area contributed by atoms with Gasteiger partial charge in [-0.1, -0.05) is 203 Å². The van der Waals surface area contributed by atoms with E-state index in [9.17, 15) is 0 Å². The predicted molar refractivity (Wildman–Crippen MR) is 310 cm³/mol. The minimum Gasteiger partial charge on any atom is -0.310 e. The van der Waals surface area contributed by atoms with E-state index >= 15 is 0 Å². The van der Waals surface area contributed by atoms with Crippen molar-refractivity contribution >= 4 is 44.4 Å². The van der Waals surface area contributed by atoms with Crippen molar-refractivity contribution in [2.24, 2.45) is 0 Å². The molecule has 2 aliphatic carbocycles. The molecule has 0 bridgehead atoms. The second kappa shape index (κ2) is 19.0. The third-order valence-electron chi connectivity index (χ3n) is 15.3. The second-order valence-electron chi connectivity index (χ2n) is 19.6. The van der Waals surface area contributed by atoms with Crippen LogP contribution in [0.1, 0.15) is 97.3 Å². The van der Waals surface area contributed by atoms with Crippen LogP contribution in [0.3, 0.4) is 0 Å². The van der Waals surface area contributed by atoms with E-state index in [0.29, 0.717) is 0 Å². The summed E-state index contributed by atoms with van der Waals surface area (Å²) >= 11 is 1.88. The number of benzene rings is 7. The number of hydrogen-bond donors (Lipinski definition) is 0. The third kappa shape index (κ3) is 7.68. The molecule has 350 valence electrons. The Bertz CT molecular complexity index is 3560. The molecular formula is C69H63NS. The van der Waals surface area contributed by atoms with Crippen LogP contribution in [0.25, 0.3) is 55.1 Å². The molecular weight excluding hydrogens is 875 g/mol. The fraction of sp³-hybridized carbons (Fsp3) is 0.159. The fourth-order valence-electron chi connectivity index (χ4n) is 11.8. The molecule has 8 aromatic rings. The maximum absolute atomic E-state index is 5.06. The third-order valence-corrected chi connectivity index (χ3v) is 16.6. The van der Waals surface area contributed by atoms with E-state index in [4.69, 9.17) is 6.58 Å². The lowest BCUT2D eigenvalue weighted by Gasteiger charge is -2.35. The number of aryl methyl sites for hydroxylation is 2. The van der Waals surface area contributed by atoms with E-state index in [1.807, 2.05) is 17.4 Å². The molecule has 0 radical (unpaired) electrons. The number of anilines is 2. The number of hydrogen-bond acceptors (Lipinski definition) is 2. The molecule has 2 aliphatic rings. The van der Waals surface area contributed by atoms with Gasteiger partial charge in [-0.25, -0.2) is 0 Å². The van der Waals surface area contributed by atoms with Gasteiger partial charge in [0, 0.05) is 43.2 Å². The van der Waals surface area contributed by atoms with Crippen molar-refractivity contribution in [3.63, 3.8) is 0 Å². The zero-order valence-electron chi connectivity index (χ0n) is 42.5. The predicted octanol–water partition coefficient (Wildman–Crippen LogP) is 19.6. The summed E-state index contributed by atoms with van der Waals surface area (Å²) < 4.78 is 1.30. The van der Waals surface area contributed by atoms with Crippen LogP contribution in [0.5, 0.6) is 0 Å². The Morgan fingerprint density at radius 1 is 0.662 bits per heavy atom. The summed E-state index contributed by atoms with van der Waals surface area (Å²) in [5, 5.41) is 1.28. The van der Waals surface area contributed by atoms with Crippen molar-refractivity contribution in [2.75, 3.05) is 4.90 Å². The van der Waals surface area contributed by atoms with Gasteiger partial charge in [0.15, 0.2) is 0 Å². The van der Waals surface area contributed by atoms with Gasteiger partial charge in [0.2, 0.25) is 0 Å². The summed E-state index contributed by atoms with van der Waals surface area (Å²) in [6.45, 7) is 27.0. The SMILES string of the molecule is C=C/C=C\c1sc2c3c(ccc2c1C)C(/C(C)=C/C=C\C)(c1ccccc1)c1ccc(N(C(=C)C(/C=C\C)=C(/CC)c2ccccc2C)c2ccc(-c4ccc5c(c4)C(C)(C)c4ccccc4-5)cc2)cc1-3. The van der Waals surface area contributed by atoms with Gasteiger partial charge in [-0.2, -0.15) is 0 Å². The number of allylic oxidation sites excluding steroid dienone is 9. The summed E-state index contributed by atoms with van der Waals surface area (Å²) in [7, 11) is 0. The van der Waals surface area contributed by atoms with Gasteiger partial charge in [-0.3, -0.25) is 0 Å². The van der Waals surface area contributed by atoms with Gasteiger partial charge in [-0.15, -0.1) is 11.3 Å². The van der Waals surface area contributed by atoms with Crippen LogP contribution >= 0.6 is 11.3 Å². The van der Waals surface area contributed by atoms with Crippen molar-refractivity contribution < 1.29 is 0 Å². The van der Waals surface area contributed by atoms with Crippen LogP contribution in [0.15, 0.2) is 224 Å². The Kier molecular flexibility index (Phi) is 12.6. The minimum atomic E-state index is -0.529. The highest BCUT2D eigenvalue weighted by Gasteiger charge is 2.47. The molecule has 0 aliphatic heterocycles. The lowest BCUT2D eigenvalue weighted by molar-refractivity contribution is 0.660. The summed E-state index contributed by atoms with van der Waals surface area (Å²) in [6.07, 6.45) is 18.0. The maximum Gasteiger partial charge on any atom is 0.0674 e. The van der Waals surface area contributed by atoms with Gasteiger partial charge in [-0.05, 0) is 161 Å². The molecule has 1 nitrogen and oxygen atoms in total. The topological polar surface area (TPSA) is 3.24 Å². The Morgan fingerprint density at radius 2 is 1.35 bits per heavy atom. The normalized spacial score (nSPS) is 16.1. The molecule has 0 N–H and O–H groups in total. The first-order chi connectivity index (χ1) is 34.5. The molecule has 2 heteroatoms. The molecule has 7 aromatic carbocycles. The van der Waals surface area contributed by atoms with Crippen molar-refractivity contribution in [1.29, 1.82) is 0 Å².